The van der Waals surface area contributed by atoms with Crippen LogP contribution >= 0.6 is 0 Å². The number of aliphatic hydroxyl groups is 1. The van der Waals surface area contributed by atoms with Gasteiger partial charge in [0.1, 0.15) is 11.6 Å². The molecule has 37 heavy (non-hydrogen) atoms. The van der Waals surface area contributed by atoms with Gasteiger partial charge in [0, 0.05) is 11.3 Å². The molecule has 0 radical (unpaired) electrons. The molecule has 4 aromatic carbocycles. The summed E-state index contributed by atoms with van der Waals surface area (Å²) < 4.78 is 18.7. The lowest BCUT2D eigenvalue weighted by Crippen LogP contribution is -2.43. The molecule has 4 rings (SSSR count). The third kappa shape index (κ3) is 6.25. The number of carbonyl (C=O) groups excluding carboxylic acids is 2. The molecule has 2 amide bonds. The highest BCUT2D eigenvalue weighted by Crippen LogP contribution is 2.29. The van der Waals surface area contributed by atoms with Gasteiger partial charge in [-0.15, -0.1) is 0 Å². The van der Waals surface area contributed by atoms with E-state index in [0.29, 0.717) is 28.1 Å². The topological polar surface area (TPSA) is 100 Å². The molecule has 0 fully saturated rings. The van der Waals surface area contributed by atoms with E-state index in [2.05, 4.69) is 15.8 Å². The summed E-state index contributed by atoms with van der Waals surface area (Å²) in [6, 6.07) is 29.4. The lowest BCUT2D eigenvalue weighted by molar-refractivity contribution is -0.136. The highest BCUT2D eigenvalue weighted by Gasteiger charge is 2.39. The van der Waals surface area contributed by atoms with Crippen molar-refractivity contribution < 1.29 is 23.8 Å². The van der Waals surface area contributed by atoms with Crippen LogP contribution in [0.5, 0.6) is 5.75 Å². The largest absolute Gasteiger partial charge is 0.483 e. The molecule has 4 aromatic rings. The number of amides is 2. The molecule has 8 heteroatoms. The van der Waals surface area contributed by atoms with E-state index in [1.54, 1.807) is 84.9 Å². The molecular formula is C29H24FN3O4. The number of anilines is 1. The van der Waals surface area contributed by atoms with Crippen molar-refractivity contribution in [2.75, 3.05) is 11.9 Å². The maximum Gasteiger partial charge on any atom is 0.281 e. The molecule has 0 aliphatic carbocycles. The number of hydrogen-bond acceptors (Lipinski definition) is 5. The van der Waals surface area contributed by atoms with E-state index in [9.17, 15) is 19.1 Å². The average Bonchev–Trinajstić information content (AvgIpc) is 2.94. The second kappa shape index (κ2) is 11.7. The Morgan fingerprint density at radius 2 is 1.41 bits per heavy atom. The third-order valence-electron chi connectivity index (χ3n) is 5.49. The second-order valence-corrected chi connectivity index (χ2v) is 8.02. The first-order valence-electron chi connectivity index (χ1n) is 11.4. The number of ether oxygens (including phenoxy) is 1. The summed E-state index contributed by atoms with van der Waals surface area (Å²) in [6.45, 7) is -0.295. The summed E-state index contributed by atoms with van der Waals surface area (Å²) in [7, 11) is 0. The fraction of sp³-hybridized carbons (Fsp3) is 0.0690. The van der Waals surface area contributed by atoms with Gasteiger partial charge in [-0.05, 0) is 47.5 Å². The number of nitrogens with zero attached hydrogens (tertiary/aromatic N) is 1. The average molecular weight is 498 g/mol. The Balaban J connectivity index is 1.44. The lowest BCUT2D eigenvalue weighted by atomic mass is 9.85. The Morgan fingerprint density at radius 1 is 0.838 bits per heavy atom. The van der Waals surface area contributed by atoms with Gasteiger partial charge in [0.25, 0.3) is 11.8 Å². The zero-order valence-electron chi connectivity index (χ0n) is 19.7. The van der Waals surface area contributed by atoms with Crippen LogP contribution in [0.1, 0.15) is 16.7 Å². The quantitative estimate of drug-likeness (QED) is 0.238. The van der Waals surface area contributed by atoms with E-state index in [1.807, 2.05) is 0 Å². The van der Waals surface area contributed by atoms with Crippen molar-refractivity contribution in [1.29, 1.82) is 0 Å². The fourth-order valence-corrected chi connectivity index (χ4v) is 3.62. The molecule has 0 bridgehead atoms. The molecular weight excluding hydrogens is 473 g/mol. The number of carbonyl (C=O) groups is 2. The van der Waals surface area contributed by atoms with Gasteiger partial charge in [-0.1, -0.05) is 72.8 Å². The number of hydrogen-bond donors (Lipinski definition) is 3. The smallest absolute Gasteiger partial charge is 0.281 e. The molecule has 7 nitrogen and oxygen atoms in total. The van der Waals surface area contributed by atoms with Crippen LogP contribution in [-0.4, -0.2) is 29.7 Å². The van der Waals surface area contributed by atoms with Crippen molar-refractivity contribution in [3.05, 3.63) is 132 Å². The molecule has 0 aromatic heterocycles. The van der Waals surface area contributed by atoms with Gasteiger partial charge in [-0.25, -0.2) is 9.82 Å². The van der Waals surface area contributed by atoms with Gasteiger partial charge in [0.15, 0.2) is 12.2 Å². The molecule has 186 valence electrons. The summed E-state index contributed by atoms with van der Waals surface area (Å²) in [5.74, 6) is -1.21. The fourth-order valence-electron chi connectivity index (χ4n) is 3.62. The van der Waals surface area contributed by atoms with Crippen molar-refractivity contribution in [2.45, 2.75) is 5.60 Å². The van der Waals surface area contributed by atoms with Crippen molar-refractivity contribution in [2.24, 2.45) is 5.10 Å². The van der Waals surface area contributed by atoms with Gasteiger partial charge >= 0.3 is 0 Å². The molecule has 0 saturated carbocycles. The van der Waals surface area contributed by atoms with Crippen molar-refractivity contribution in [3.63, 3.8) is 0 Å². The maximum atomic E-state index is 13.2. The van der Waals surface area contributed by atoms with Gasteiger partial charge in [-0.2, -0.15) is 5.10 Å². The first kappa shape index (κ1) is 25.3. The summed E-state index contributed by atoms with van der Waals surface area (Å²) in [5.41, 5.74) is 2.18. The summed E-state index contributed by atoms with van der Waals surface area (Å²) in [6.07, 6.45) is 1.36. The van der Waals surface area contributed by atoms with Crippen LogP contribution in [0.4, 0.5) is 10.1 Å². The number of halogens is 1. The van der Waals surface area contributed by atoms with E-state index in [0.717, 1.165) is 0 Å². The van der Waals surface area contributed by atoms with E-state index < -0.39 is 23.2 Å². The highest BCUT2D eigenvalue weighted by molar-refractivity contribution is 5.93. The second-order valence-electron chi connectivity index (χ2n) is 8.02. The van der Waals surface area contributed by atoms with Crippen LogP contribution in [0.2, 0.25) is 0 Å². The Bertz CT molecular complexity index is 1340. The number of hydrazone groups is 1. The third-order valence-corrected chi connectivity index (χ3v) is 5.49. The lowest BCUT2D eigenvalue weighted by Gasteiger charge is -2.27. The van der Waals surface area contributed by atoms with Gasteiger partial charge in [0.05, 0.1) is 6.21 Å². The minimum Gasteiger partial charge on any atom is -0.483 e. The van der Waals surface area contributed by atoms with Crippen molar-refractivity contribution in [3.8, 4) is 5.75 Å². The van der Waals surface area contributed by atoms with E-state index in [1.165, 1.54) is 30.5 Å². The van der Waals surface area contributed by atoms with Crippen LogP contribution in [0, 0.1) is 5.82 Å². The van der Waals surface area contributed by atoms with E-state index in [-0.39, 0.29) is 6.61 Å². The Kier molecular flexibility index (Phi) is 8.02. The molecule has 0 heterocycles. The molecule has 0 aliphatic rings. The number of rotatable bonds is 9. The molecule has 0 atom stereocenters. The van der Waals surface area contributed by atoms with Crippen LogP contribution < -0.4 is 15.5 Å². The van der Waals surface area contributed by atoms with Crippen LogP contribution in [-0.2, 0) is 15.2 Å². The van der Waals surface area contributed by atoms with Crippen molar-refractivity contribution in [1.82, 2.24) is 5.43 Å². The summed E-state index contributed by atoms with van der Waals surface area (Å²) in [4.78, 5) is 25.4. The number of nitrogens with one attached hydrogen (secondary N) is 2. The van der Waals surface area contributed by atoms with Gasteiger partial charge in [-0.3, -0.25) is 9.59 Å². The monoisotopic (exact) mass is 497 g/mol. The Labute approximate surface area is 213 Å². The molecule has 0 aliphatic heterocycles. The summed E-state index contributed by atoms with van der Waals surface area (Å²) in [5, 5.41) is 18.1. The maximum absolute atomic E-state index is 13.2. The SMILES string of the molecule is O=C(COc1ccccc1/C=N\NC(=O)C(O)(c1ccccc1)c1ccccc1)Nc1ccc(F)cc1. The van der Waals surface area contributed by atoms with Crippen LogP contribution in [0.3, 0.4) is 0 Å². The van der Waals surface area contributed by atoms with E-state index >= 15 is 0 Å². The highest BCUT2D eigenvalue weighted by atomic mass is 19.1. The summed E-state index contributed by atoms with van der Waals surface area (Å²) >= 11 is 0. The molecule has 3 N–H and O–H groups in total. The minimum absolute atomic E-state index is 0.295. The van der Waals surface area contributed by atoms with E-state index in [4.69, 9.17) is 4.74 Å². The Morgan fingerprint density at radius 3 is 2.03 bits per heavy atom. The zero-order valence-corrected chi connectivity index (χ0v) is 19.7. The molecule has 0 unspecified atom stereocenters. The Hall–Kier alpha value is -4.82. The van der Waals surface area contributed by atoms with Crippen molar-refractivity contribution >= 4 is 23.7 Å². The number of benzene rings is 4. The predicted molar refractivity (Wildman–Crippen MR) is 139 cm³/mol. The predicted octanol–water partition coefficient (Wildman–Crippen LogP) is 4.23. The first-order chi connectivity index (χ1) is 18.0. The van der Waals surface area contributed by atoms with Gasteiger partial charge < -0.3 is 15.2 Å². The zero-order chi connectivity index (χ0) is 26.1. The van der Waals surface area contributed by atoms with Crippen LogP contribution in [0.25, 0.3) is 0 Å². The molecule has 0 saturated heterocycles. The van der Waals surface area contributed by atoms with Gasteiger partial charge in [0.2, 0.25) is 0 Å². The first-order valence-corrected chi connectivity index (χ1v) is 11.4. The molecule has 0 spiro atoms. The minimum atomic E-state index is -1.96. The standard InChI is InChI=1S/C29H24FN3O4/c30-24-15-17-25(18-16-24)32-27(34)20-37-26-14-8-7-9-21(26)19-31-33-28(35)29(36,22-10-3-1-4-11-22)23-12-5-2-6-13-23/h1-19,36H,20H2,(H,32,34)(H,33,35)/b31-19-. The van der Waals surface area contributed by atoms with Crippen LogP contribution in [0.15, 0.2) is 114 Å². The number of para-hydroxylation sites is 1. The normalized spacial score (nSPS) is 11.2.